The molecule has 1 amide bonds. The Hall–Kier alpha value is -3.35. The highest BCUT2D eigenvalue weighted by molar-refractivity contribution is 6.04. The van der Waals surface area contributed by atoms with Gasteiger partial charge in [0.2, 0.25) is 5.75 Å². The van der Waals surface area contributed by atoms with Gasteiger partial charge in [-0.15, -0.1) is 0 Å². The van der Waals surface area contributed by atoms with Crippen molar-refractivity contribution in [2.45, 2.75) is 13.2 Å². The standard InChI is InChI=1S/C20H19NO6/c1-10-9-26-13-6-5-12-17(16(10)13)27-20(21-19(12)22)11-7-14(23-2)18(25-4)15(8-11)24-3/h5-9,20H,1-4H3,(H,21,22). The number of nitrogens with one attached hydrogen (secondary N) is 1. The zero-order chi connectivity index (χ0) is 19.1. The van der Waals surface area contributed by atoms with Crippen LogP contribution in [-0.2, 0) is 0 Å². The molecule has 4 rings (SSSR count). The van der Waals surface area contributed by atoms with Gasteiger partial charge in [-0.3, -0.25) is 4.79 Å². The second-order valence-electron chi connectivity index (χ2n) is 6.16. The normalized spacial score (nSPS) is 15.7. The van der Waals surface area contributed by atoms with Gasteiger partial charge in [-0.05, 0) is 36.8 Å². The van der Waals surface area contributed by atoms with Gasteiger partial charge in [-0.2, -0.15) is 0 Å². The molecular formula is C20H19NO6. The predicted octanol–water partition coefficient (Wildman–Crippen LogP) is 3.59. The lowest BCUT2D eigenvalue weighted by molar-refractivity contribution is 0.0759. The molecule has 1 aromatic heterocycles. The summed E-state index contributed by atoms with van der Waals surface area (Å²) in [5.41, 5.74) is 2.71. The van der Waals surface area contributed by atoms with Crippen molar-refractivity contribution in [1.29, 1.82) is 0 Å². The highest BCUT2D eigenvalue weighted by atomic mass is 16.5. The van der Waals surface area contributed by atoms with Gasteiger partial charge in [-0.25, -0.2) is 0 Å². The number of aryl methyl sites for hydroxylation is 1. The van der Waals surface area contributed by atoms with Crippen LogP contribution in [0.4, 0.5) is 0 Å². The summed E-state index contributed by atoms with van der Waals surface area (Å²) in [6.07, 6.45) is 0.938. The molecule has 0 saturated carbocycles. The van der Waals surface area contributed by atoms with Crippen molar-refractivity contribution >= 4 is 16.9 Å². The number of carbonyl (C=O) groups is 1. The molecule has 7 nitrogen and oxygen atoms in total. The van der Waals surface area contributed by atoms with Crippen LogP contribution in [0.15, 0.2) is 34.9 Å². The summed E-state index contributed by atoms with van der Waals surface area (Å²) in [7, 11) is 4.61. The molecule has 140 valence electrons. The number of rotatable bonds is 4. The predicted molar refractivity (Wildman–Crippen MR) is 97.9 cm³/mol. The topological polar surface area (TPSA) is 79.2 Å². The average Bonchev–Trinajstić information content (AvgIpc) is 3.08. The van der Waals surface area contributed by atoms with E-state index in [0.717, 1.165) is 10.9 Å². The number of fused-ring (bicyclic) bond motifs is 3. The van der Waals surface area contributed by atoms with E-state index in [9.17, 15) is 4.79 Å². The van der Waals surface area contributed by atoms with Crippen molar-refractivity contribution < 1.29 is 28.2 Å². The number of ether oxygens (including phenoxy) is 4. The van der Waals surface area contributed by atoms with Crippen LogP contribution in [0.25, 0.3) is 11.0 Å². The molecule has 0 fully saturated rings. The highest BCUT2D eigenvalue weighted by Crippen LogP contribution is 2.43. The van der Waals surface area contributed by atoms with Gasteiger partial charge in [0.05, 0.1) is 38.5 Å². The molecule has 1 N–H and O–H groups in total. The maximum atomic E-state index is 12.7. The Morgan fingerprint density at radius 2 is 1.74 bits per heavy atom. The van der Waals surface area contributed by atoms with E-state index < -0.39 is 6.23 Å². The minimum atomic E-state index is -0.710. The van der Waals surface area contributed by atoms with Crippen molar-refractivity contribution in [3.63, 3.8) is 0 Å². The van der Waals surface area contributed by atoms with Gasteiger partial charge >= 0.3 is 0 Å². The lowest BCUT2D eigenvalue weighted by atomic mass is 10.0. The maximum absolute atomic E-state index is 12.7. The van der Waals surface area contributed by atoms with Crippen LogP contribution >= 0.6 is 0 Å². The third kappa shape index (κ3) is 2.63. The molecule has 1 unspecified atom stereocenters. The van der Waals surface area contributed by atoms with Crippen molar-refractivity contribution in [1.82, 2.24) is 5.32 Å². The molecule has 1 atom stereocenters. The smallest absolute Gasteiger partial charge is 0.258 e. The van der Waals surface area contributed by atoms with E-state index in [1.165, 1.54) is 21.3 Å². The van der Waals surface area contributed by atoms with Crippen molar-refractivity contribution in [3.05, 3.63) is 47.2 Å². The Labute approximate surface area is 155 Å². The largest absolute Gasteiger partial charge is 0.493 e. The van der Waals surface area contributed by atoms with Crippen molar-refractivity contribution in [2.24, 2.45) is 0 Å². The fourth-order valence-corrected chi connectivity index (χ4v) is 3.30. The molecule has 0 radical (unpaired) electrons. The van der Waals surface area contributed by atoms with E-state index in [1.807, 2.05) is 6.92 Å². The van der Waals surface area contributed by atoms with Crippen LogP contribution in [0.5, 0.6) is 23.0 Å². The fourth-order valence-electron chi connectivity index (χ4n) is 3.30. The van der Waals surface area contributed by atoms with Gasteiger partial charge < -0.3 is 28.7 Å². The summed E-state index contributed by atoms with van der Waals surface area (Å²) in [4.78, 5) is 12.7. The number of hydrogen-bond acceptors (Lipinski definition) is 6. The van der Waals surface area contributed by atoms with Crippen LogP contribution < -0.4 is 24.3 Å². The molecule has 0 aliphatic carbocycles. The minimum Gasteiger partial charge on any atom is -0.493 e. The molecule has 1 aliphatic heterocycles. The van der Waals surface area contributed by atoms with E-state index in [2.05, 4.69) is 5.32 Å². The average molecular weight is 369 g/mol. The number of carbonyl (C=O) groups excluding carboxylic acids is 1. The van der Waals surface area contributed by atoms with E-state index in [0.29, 0.717) is 39.7 Å². The molecule has 1 aliphatic rings. The zero-order valence-corrected chi connectivity index (χ0v) is 15.4. The maximum Gasteiger partial charge on any atom is 0.258 e. The summed E-state index contributed by atoms with van der Waals surface area (Å²) in [5, 5.41) is 3.65. The van der Waals surface area contributed by atoms with Crippen LogP contribution in [0.3, 0.4) is 0 Å². The van der Waals surface area contributed by atoms with E-state index in [1.54, 1.807) is 30.5 Å². The second kappa shape index (κ2) is 6.42. The lowest BCUT2D eigenvalue weighted by Gasteiger charge is -2.28. The Morgan fingerprint density at radius 3 is 2.37 bits per heavy atom. The van der Waals surface area contributed by atoms with E-state index in [-0.39, 0.29) is 5.91 Å². The van der Waals surface area contributed by atoms with Crippen LogP contribution in [0, 0.1) is 6.92 Å². The molecule has 0 saturated heterocycles. The first-order valence-corrected chi connectivity index (χ1v) is 8.35. The Bertz CT molecular complexity index is 1010. The first kappa shape index (κ1) is 17.1. The monoisotopic (exact) mass is 369 g/mol. The summed E-state index contributed by atoms with van der Waals surface area (Å²) in [5.74, 6) is 1.71. The van der Waals surface area contributed by atoms with Crippen LogP contribution in [0.2, 0.25) is 0 Å². The van der Waals surface area contributed by atoms with Crippen molar-refractivity contribution in [2.75, 3.05) is 21.3 Å². The van der Waals surface area contributed by atoms with Gasteiger partial charge in [-0.1, -0.05) is 0 Å². The number of hydrogen-bond donors (Lipinski definition) is 1. The molecular weight excluding hydrogens is 350 g/mol. The Kier molecular flexibility index (Phi) is 4.07. The third-order valence-electron chi connectivity index (χ3n) is 4.61. The van der Waals surface area contributed by atoms with Crippen molar-refractivity contribution in [3.8, 4) is 23.0 Å². The van der Waals surface area contributed by atoms with Gasteiger partial charge in [0.15, 0.2) is 17.7 Å². The highest BCUT2D eigenvalue weighted by Gasteiger charge is 2.31. The third-order valence-corrected chi connectivity index (χ3v) is 4.61. The zero-order valence-electron chi connectivity index (χ0n) is 15.4. The van der Waals surface area contributed by atoms with E-state index >= 15 is 0 Å². The van der Waals surface area contributed by atoms with Gasteiger partial charge in [0, 0.05) is 5.56 Å². The quantitative estimate of drug-likeness (QED) is 0.757. The first-order chi connectivity index (χ1) is 13.1. The summed E-state index contributed by atoms with van der Waals surface area (Å²) >= 11 is 0. The SMILES string of the molecule is COc1cc(C2NC(=O)c3ccc4occ(C)c4c3O2)cc(OC)c1OC. The van der Waals surface area contributed by atoms with Gasteiger partial charge in [0.25, 0.3) is 5.91 Å². The molecule has 7 heteroatoms. The number of furan rings is 1. The molecule has 0 bridgehead atoms. The number of amides is 1. The second-order valence-corrected chi connectivity index (χ2v) is 6.16. The van der Waals surface area contributed by atoms with E-state index in [4.69, 9.17) is 23.4 Å². The minimum absolute atomic E-state index is 0.225. The van der Waals surface area contributed by atoms with Crippen LogP contribution in [0.1, 0.15) is 27.7 Å². The molecule has 0 spiro atoms. The molecule has 2 aromatic carbocycles. The lowest BCUT2D eigenvalue weighted by Crippen LogP contribution is -2.36. The van der Waals surface area contributed by atoms with Gasteiger partial charge in [0.1, 0.15) is 11.3 Å². The summed E-state index contributed by atoms with van der Waals surface area (Å²) in [6, 6.07) is 6.96. The Balaban J connectivity index is 1.83. The Morgan fingerprint density at radius 1 is 1.04 bits per heavy atom. The summed E-state index contributed by atoms with van der Waals surface area (Å²) in [6.45, 7) is 1.91. The molecule has 3 aromatic rings. The molecule has 2 heterocycles. The molecule has 27 heavy (non-hydrogen) atoms. The number of benzene rings is 2. The summed E-state index contributed by atoms with van der Waals surface area (Å²) < 4.78 is 27.8. The fraction of sp³-hybridized carbons (Fsp3) is 0.250. The number of methoxy groups -OCH3 is 3. The van der Waals surface area contributed by atoms with Crippen LogP contribution in [-0.4, -0.2) is 27.2 Å². The first-order valence-electron chi connectivity index (χ1n) is 8.35.